The number of rotatable bonds is 4. The molecule has 0 radical (unpaired) electrons. The number of esters is 1. The molecular weight excluding hydrogens is 520 g/mol. The minimum Gasteiger partial charge on any atom is -0.427 e. The molecule has 41 heavy (non-hydrogen) atoms. The third-order valence-electron chi connectivity index (χ3n) is 8.89. The number of aromatic amines is 1. The Bertz CT molecular complexity index is 1790. The van der Waals surface area contributed by atoms with E-state index in [1.165, 1.54) is 11.8 Å². The Labute approximate surface area is 235 Å². The van der Waals surface area contributed by atoms with Crippen LogP contribution in [0.1, 0.15) is 29.2 Å². The molecule has 2 saturated heterocycles. The largest absolute Gasteiger partial charge is 0.427 e. The number of fused-ring (bicyclic) bond motifs is 5. The Morgan fingerprint density at radius 2 is 1.73 bits per heavy atom. The SMILES string of the molecule is CC(=O)Oc1ccc(N2C(=O)[C@@H]3[C@H](Cc4c[nH]c5ccccc45)N[C@]4(C(=O)Nc5c4ccc(C)c5C)[C@H]3C2=O)cc1. The van der Waals surface area contributed by atoms with E-state index in [1.807, 2.05) is 56.4 Å². The molecule has 3 aromatic carbocycles. The number of aromatic nitrogens is 1. The van der Waals surface area contributed by atoms with Gasteiger partial charge in [-0.05, 0) is 67.3 Å². The number of benzene rings is 3. The van der Waals surface area contributed by atoms with E-state index < -0.39 is 35.3 Å². The highest BCUT2D eigenvalue weighted by Crippen LogP contribution is 2.54. The highest BCUT2D eigenvalue weighted by atomic mass is 16.5. The van der Waals surface area contributed by atoms with Crippen LogP contribution >= 0.6 is 0 Å². The molecule has 3 aliphatic heterocycles. The average Bonchev–Trinajstić information content (AvgIpc) is 3.66. The molecule has 4 atom stereocenters. The number of carbonyl (C=O) groups excluding carboxylic acids is 4. The number of aryl methyl sites for hydroxylation is 1. The van der Waals surface area contributed by atoms with Crippen LogP contribution in [0, 0.1) is 25.7 Å². The topological polar surface area (TPSA) is 121 Å². The van der Waals surface area contributed by atoms with Crippen molar-refractivity contribution in [3.05, 3.63) is 89.1 Å². The highest BCUT2D eigenvalue weighted by molar-refractivity contribution is 6.26. The predicted molar refractivity (Wildman–Crippen MR) is 152 cm³/mol. The van der Waals surface area contributed by atoms with Crippen molar-refractivity contribution in [1.29, 1.82) is 0 Å². The number of para-hydroxylation sites is 1. The summed E-state index contributed by atoms with van der Waals surface area (Å²) >= 11 is 0. The summed E-state index contributed by atoms with van der Waals surface area (Å²) in [6.07, 6.45) is 2.37. The predicted octanol–water partition coefficient (Wildman–Crippen LogP) is 3.88. The second-order valence-electron chi connectivity index (χ2n) is 11.1. The molecule has 0 unspecified atom stereocenters. The monoisotopic (exact) mass is 548 g/mol. The van der Waals surface area contributed by atoms with E-state index in [1.54, 1.807) is 24.3 Å². The van der Waals surface area contributed by atoms with Gasteiger partial charge in [0.2, 0.25) is 17.7 Å². The molecule has 0 saturated carbocycles. The summed E-state index contributed by atoms with van der Waals surface area (Å²) in [4.78, 5) is 58.3. The maximum atomic E-state index is 14.3. The van der Waals surface area contributed by atoms with Crippen molar-refractivity contribution >= 4 is 46.0 Å². The molecule has 3 N–H and O–H groups in total. The number of carbonyl (C=O) groups is 4. The van der Waals surface area contributed by atoms with E-state index in [-0.39, 0.29) is 11.8 Å². The van der Waals surface area contributed by atoms with Crippen LogP contribution in [0.2, 0.25) is 0 Å². The van der Waals surface area contributed by atoms with Gasteiger partial charge in [0, 0.05) is 41.3 Å². The first-order valence-corrected chi connectivity index (χ1v) is 13.6. The lowest BCUT2D eigenvalue weighted by atomic mass is 9.75. The van der Waals surface area contributed by atoms with E-state index in [0.29, 0.717) is 29.1 Å². The molecule has 1 aromatic heterocycles. The van der Waals surface area contributed by atoms with Crippen LogP contribution < -0.4 is 20.3 Å². The second-order valence-corrected chi connectivity index (χ2v) is 11.1. The summed E-state index contributed by atoms with van der Waals surface area (Å²) in [6.45, 7) is 5.22. The fraction of sp³-hybridized carbons (Fsp3) is 0.250. The van der Waals surface area contributed by atoms with Crippen molar-refractivity contribution in [3.63, 3.8) is 0 Å². The van der Waals surface area contributed by atoms with Gasteiger partial charge in [0.25, 0.3) is 0 Å². The van der Waals surface area contributed by atoms with Gasteiger partial charge in [-0.1, -0.05) is 30.3 Å². The Balaban J connectivity index is 1.35. The van der Waals surface area contributed by atoms with Crippen molar-refractivity contribution < 1.29 is 23.9 Å². The lowest BCUT2D eigenvalue weighted by molar-refractivity contribution is -0.132. The van der Waals surface area contributed by atoms with E-state index in [4.69, 9.17) is 4.74 Å². The third kappa shape index (κ3) is 3.52. The second kappa shape index (κ2) is 8.87. The summed E-state index contributed by atoms with van der Waals surface area (Å²) in [7, 11) is 0. The van der Waals surface area contributed by atoms with Gasteiger partial charge in [-0.15, -0.1) is 0 Å². The highest BCUT2D eigenvalue weighted by Gasteiger charge is 2.70. The molecule has 7 rings (SSSR count). The molecule has 3 amide bonds. The zero-order valence-corrected chi connectivity index (χ0v) is 22.8. The van der Waals surface area contributed by atoms with Gasteiger partial charge in [0.15, 0.2) is 0 Å². The number of hydrogen-bond donors (Lipinski definition) is 3. The van der Waals surface area contributed by atoms with Gasteiger partial charge in [0.1, 0.15) is 11.3 Å². The average molecular weight is 549 g/mol. The minimum absolute atomic E-state index is 0.311. The fourth-order valence-electron chi connectivity index (χ4n) is 6.92. The smallest absolute Gasteiger partial charge is 0.308 e. The number of H-pyrrole nitrogens is 1. The Kier molecular flexibility index (Phi) is 5.46. The quantitative estimate of drug-likeness (QED) is 0.202. The lowest BCUT2D eigenvalue weighted by Crippen LogP contribution is -2.53. The van der Waals surface area contributed by atoms with Crippen LogP contribution in [0.15, 0.2) is 66.9 Å². The van der Waals surface area contributed by atoms with Crippen LogP contribution in [0.5, 0.6) is 5.75 Å². The number of nitrogens with one attached hydrogen (secondary N) is 3. The van der Waals surface area contributed by atoms with Crippen molar-refractivity contribution in [1.82, 2.24) is 10.3 Å². The summed E-state index contributed by atoms with van der Waals surface area (Å²) in [5.74, 6) is -3.00. The van der Waals surface area contributed by atoms with Crippen molar-refractivity contribution in [2.24, 2.45) is 11.8 Å². The van der Waals surface area contributed by atoms with Gasteiger partial charge in [-0.3, -0.25) is 24.5 Å². The van der Waals surface area contributed by atoms with Gasteiger partial charge in [0.05, 0.1) is 17.5 Å². The molecule has 206 valence electrons. The summed E-state index contributed by atoms with van der Waals surface area (Å²) in [5, 5.41) is 7.61. The first-order chi connectivity index (χ1) is 19.7. The Morgan fingerprint density at radius 3 is 2.49 bits per heavy atom. The summed E-state index contributed by atoms with van der Waals surface area (Å²) in [6, 6.07) is 17.5. The van der Waals surface area contributed by atoms with Crippen LogP contribution in [-0.2, 0) is 31.1 Å². The van der Waals surface area contributed by atoms with Crippen LogP contribution in [0.3, 0.4) is 0 Å². The maximum absolute atomic E-state index is 14.3. The van der Waals surface area contributed by atoms with Crippen LogP contribution in [0.4, 0.5) is 11.4 Å². The van der Waals surface area contributed by atoms with Crippen molar-refractivity contribution in [3.8, 4) is 5.75 Å². The standard InChI is InChI=1S/C32H28N4O5/c1-16-8-13-23-28(17(16)2)34-31(40)32(23)27-26(25(35-32)14-19-15-33-24-7-5-4-6-22(19)24)29(38)36(30(27)39)20-9-11-21(12-10-20)41-18(3)37/h4-13,15,25-27,33,35H,14H2,1-3H3,(H,34,40)/t25-,26+,27+,32-/m0/s1. The Morgan fingerprint density at radius 1 is 0.976 bits per heavy atom. The third-order valence-corrected chi connectivity index (χ3v) is 8.89. The first-order valence-electron chi connectivity index (χ1n) is 13.6. The molecule has 9 nitrogen and oxygen atoms in total. The zero-order valence-electron chi connectivity index (χ0n) is 22.8. The van der Waals surface area contributed by atoms with Gasteiger partial charge >= 0.3 is 5.97 Å². The molecule has 4 aromatic rings. The minimum atomic E-state index is -1.39. The number of anilines is 2. The molecular formula is C32H28N4O5. The van der Waals surface area contributed by atoms with Gasteiger partial charge in [-0.25, -0.2) is 4.90 Å². The zero-order chi connectivity index (χ0) is 28.6. The van der Waals surface area contributed by atoms with Crippen LogP contribution in [-0.4, -0.2) is 34.7 Å². The van der Waals surface area contributed by atoms with E-state index in [2.05, 4.69) is 15.6 Å². The number of ether oxygens (including phenoxy) is 1. The first kappa shape index (κ1) is 25.2. The van der Waals surface area contributed by atoms with Gasteiger partial charge < -0.3 is 15.0 Å². The molecule has 1 spiro atoms. The van der Waals surface area contributed by atoms with Crippen molar-refractivity contribution in [2.45, 2.75) is 38.8 Å². The van der Waals surface area contributed by atoms with E-state index >= 15 is 0 Å². The molecule has 9 heteroatoms. The number of nitrogens with zero attached hydrogens (tertiary/aromatic N) is 1. The van der Waals surface area contributed by atoms with Crippen LogP contribution in [0.25, 0.3) is 10.9 Å². The summed E-state index contributed by atoms with van der Waals surface area (Å²) in [5.41, 5.74) is 4.28. The van der Waals surface area contributed by atoms with E-state index in [0.717, 1.165) is 27.6 Å². The lowest BCUT2D eigenvalue weighted by Gasteiger charge is -2.29. The van der Waals surface area contributed by atoms with Crippen molar-refractivity contribution in [2.75, 3.05) is 10.2 Å². The molecule has 2 fully saturated rings. The summed E-state index contributed by atoms with van der Waals surface area (Å²) < 4.78 is 5.13. The Hall–Kier alpha value is -4.76. The normalized spacial score (nSPS) is 24.7. The molecule has 0 aliphatic carbocycles. The van der Waals surface area contributed by atoms with Gasteiger partial charge in [-0.2, -0.15) is 0 Å². The van der Waals surface area contributed by atoms with E-state index in [9.17, 15) is 19.2 Å². The molecule has 3 aliphatic rings. The number of hydrogen-bond acceptors (Lipinski definition) is 6. The molecule has 4 heterocycles. The number of imide groups is 1. The fourth-order valence-corrected chi connectivity index (χ4v) is 6.92. The number of amides is 3. The molecule has 0 bridgehead atoms. The maximum Gasteiger partial charge on any atom is 0.308 e.